The topological polar surface area (TPSA) is 81.9 Å². The number of nitrogens with one attached hydrogen (secondary N) is 1. The minimum Gasteiger partial charge on any atom is -0.506 e. The van der Waals surface area contributed by atoms with Gasteiger partial charge in [-0.25, -0.2) is 5.43 Å². The fourth-order valence-corrected chi connectivity index (χ4v) is 4.33. The molecular weight excluding hydrogens is 460 g/mol. The lowest BCUT2D eigenvalue weighted by Crippen LogP contribution is -2.16. The molecule has 0 bridgehead atoms. The van der Waals surface area contributed by atoms with Gasteiger partial charge in [0.15, 0.2) is 0 Å². The molecule has 0 atom stereocenters. The zero-order valence-electron chi connectivity index (χ0n) is 12.0. The average Bonchev–Trinajstić information content (AvgIpc) is 2.89. The van der Waals surface area contributed by atoms with Gasteiger partial charge >= 0.3 is 0 Å². The van der Waals surface area contributed by atoms with Crippen LogP contribution in [0.25, 0.3) is 10.1 Å². The zero-order chi connectivity index (χ0) is 17.3. The number of hydrazone groups is 1. The van der Waals surface area contributed by atoms with Crippen molar-refractivity contribution in [3.05, 3.63) is 55.8 Å². The number of hydrogen-bond donors (Lipinski definition) is 3. The molecule has 0 aliphatic rings. The number of thiophene rings is 1. The summed E-state index contributed by atoms with van der Waals surface area (Å²) in [6.07, 6.45) is 1.33. The highest BCUT2D eigenvalue weighted by Gasteiger charge is 2.17. The van der Waals surface area contributed by atoms with Crippen molar-refractivity contribution in [2.45, 2.75) is 0 Å². The number of halogens is 2. The predicted molar refractivity (Wildman–Crippen MR) is 102 cm³/mol. The number of benzene rings is 2. The standard InChI is InChI=1S/C16H10Br2N2O3S/c17-9-5-8(13(21)11(18)6-9)7-19-20-16(23)15-14(22)10-3-1-2-4-12(10)24-15/h1-7,21-22H,(H,20,23)/b19-7+. The van der Waals surface area contributed by atoms with Crippen LogP contribution in [-0.4, -0.2) is 22.3 Å². The number of amides is 1. The van der Waals surface area contributed by atoms with Crippen LogP contribution < -0.4 is 5.43 Å². The molecule has 1 heterocycles. The molecule has 3 N–H and O–H groups in total. The van der Waals surface area contributed by atoms with E-state index in [4.69, 9.17) is 0 Å². The molecule has 8 heteroatoms. The van der Waals surface area contributed by atoms with Crippen LogP contribution in [0.3, 0.4) is 0 Å². The number of carbonyl (C=O) groups is 1. The Kier molecular flexibility index (Phi) is 4.88. The summed E-state index contributed by atoms with van der Waals surface area (Å²) >= 11 is 7.72. The molecule has 0 aliphatic carbocycles. The molecule has 0 unspecified atom stereocenters. The van der Waals surface area contributed by atoms with Gasteiger partial charge in [-0.05, 0) is 40.2 Å². The summed E-state index contributed by atoms with van der Waals surface area (Å²) in [5.41, 5.74) is 2.78. The SMILES string of the molecule is O=C(N/N=C/c1cc(Br)cc(Br)c1O)c1sc2ccccc2c1O. The van der Waals surface area contributed by atoms with Crippen LogP contribution in [0.4, 0.5) is 0 Å². The van der Waals surface area contributed by atoms with Gasteiger partial charge < -0.3 is 10.2 Å². The summed E-state index contributed by atoms with van der Waals surface area (Å²) in [6, 6.07) is 10.6. The maximum Gasteiger partial charge on any atom is 0.285 e. The van der Waals surface area contributed by atoms with E-state index in [0.29, 0.717) is 15.4 Å². The molecule has 3 aromatic rings. The first kappa shape index (κ1) is 16.9. The van der Waals surface area contributed by atoms with Crippen molar-refractivity contribution in [2.75, 3.05) is 0 Å². The van der Waals surface area contributed by atoms with Gasteiger partial charge in [0.25, 0.3) is 5.91 Å². The van der Waals surface area contributed by atoms with Crippen LogP contribution in [-0.2, 0) is 0 Å². The molecule has 0 saturated heterocycles. The summed E-state index contributed by atoms with van der Waals surface area (Å²) in [4.78, 5) is 12.4. The lowest BCUT2D eigenvalue weighted by atomic mass is 10.2. The third-order valence-electron chi connectivity index (χ3n) is 3.20. The van der Waals surface area contributed by atoms with Crippen LogP contribution in [0.5, 0.6) is 11.5 Å². The third-order valence-corrected chi connectivity index (χ3v) is 5.42. The van der Waals surface area contributed by atoms with Gasteiger partial charge in [-0.3, -0.25) is 4.79 Å². The number of phenolic OH excluding ortho intramolecular Hbond substituents is 1. The summed E-state index contributed by atoms with van der Waals surface area (Å²) in [5.74, 6) is -0.559. The molecule has 0 saturated carbocycles. The first-order valence-corrected chi connectivity index (χ1v) is 9.09. The van der Waals surface area contributed by atoms with Crippen LogP contribution in [0.1, 0.15) is 15.2 Å². The summed E-state index contributed by atoms with van der Waals surface area (Å²) < 4.78 is 2.08. The van der Waals surface area contributed by atoms with Crippen LogP contribution in [0, 0.1) is 0 Å². The van der Waals surface area contributed by atoms with Crippen LogP contribution >= 0.6 is 43.2 Å². The van der Waals surface area contributed by atoms with Crippen molar-refractivity contribution in [1.82, 2.24) is 5.43 Å². The van der Waals surface area contributed by atoms with Crippen LogP contribution in [0.15, 0.2) is 50.4 Å². The minimum absolute atomic E-state index is 0.0147. The van der Waals surface area contributed by atoms with Gasteiger partial charge in [0, 0.05) is 20.1 Å². The second-order valence-electron chi connectivity index (χ2n) is 4.80. The van der Waals surface area contributed by atoms with E-state index in [1.165, 1.54) is 17.6 Å². The molecule has 122 valence electrons. The van der Waals surface area contributed by atoms with Crippen LogP contribution in [0.2, 0.25) is 0 Å². The normalized spacial score (nSPS) is 11.2. The first-order chi connectivity index (χ1) is 11.5. The van der Waals surface area contributed by atoms with Crippen molar-refractivity contribution >= 4 is 65.4 Å². The first-order valence-electron chi connectivity index (χ1n) is 6.69. The number of carbonyl (C=O) groups excluding carboxylic acids is 1. The molecule has 1 aromatic heterocycles. The van der Waals surface area contributed by atoms with Crippen molar-refractivity contribution in [2.24, 2.45) is 5.10 Å². The van der Waals surface area contributed by atoms with Gasteiger partial charge in [0.05, 0.1) is 10.7 Å². The zero-order valence-corrected chi connectivity index (χ0v) is 15.9. The van der Waals surface area contributed by atoms with Crippen molar-refractivity contribution < 1.29 is 15.0 Å². The van der Waals surface area contributed by atoms with Gasteiger partial charge in [-0.15, -0.1) is 11.3 Å². The molecule has 0 aliphatic heterocycles. The fourth-order valence-electron chi connectivity index (χ4n) is 2.08. The highest BCUT2D eigenvalue weighted by molar-refractivity contribution is 9.11. The summed E-state index contributed by atoms with van der Waals surface area (Å²) in [6.45, 7) is 0. The highest BCUT2D eigenvalue weighted by atomic mass is 79.9. The van der Waals surface area contributed by atoms with Gasteiger partial charge in [-0.1, -0.05) is 28.1 Å². The maximum atomic E-state index is 12.2. The third kappa shape index (κ3) is 3.31. The Balaban J connectivity index is 1.81. The predicted octanol–water partition coefficient (Wildman–Crippen LogP) is 4.60. The van der Waals surface area contributed by atoms with E-state index in [-0.39, 0.29) is 16.4 Å². The molecule has 2 aromatic carbocycles. The van der Waals surface area contributed by atoms with Gasteiger partial charge in [0.2, 0.25) is 0 Å². The lowest BCUT2D eigenvalue weighted by molar-refractivity contribution is 0.0957. The quantitative estimate of drug-likeness (QED) is 0.387. The Bertz CT molecular complexity index is 969. The van der Waals surface area contributed by atoms with Crippen molar-refractivity contribution in [1.29, 1.82) is 0 Å². The number of phenols is 1. The average molecular weight is 470 g/mol. The van der Waals surface area contributed by atoms with Crippen molar-refractivity contribution in [3.63, 3.8) is 0 Å². The molecule has 1 amide bonds. The molecule has 0 fully saturated rings. The molecular formula is C16H10Br2N2O3S. The number of fused-ring (bicyclic) bond motifs is 1. The largest absolute Gasteiger partial charge is 0.506 e. The Morgan fingerprint density at radius 1 is 1.17 bits per heavy atom. The molecule has 5 nitrogen and oxygen atoms in total. The number of hydrogen-bond acceptors (Lipinski definition) is 5. The second kappa shape index (κ2) is 6.92. The van der Waals surface area contributed by atoms with E-state index in [0.717, 1.165) is 9.17 Å². The summed E-state index contributed by atoms with van der Waals surface area (Å²) in [5, 5.41) is 24.5. The molecule has 24 heavy (non-hydrogen) atoms. The molecule has 3 rings (SSSR count). The second-order valence-corrected chi connectivity index (χ2v) is 7.62. The Morgan fingerprint density at radius 3 is 2.67 bits per heavy atom. The van der Waals surface area contributed by atoms with E-state index >= 15 is 0 Å². The Hall–Kier alpha value is -1.90. The summed E-state index contributed by atoms with van der Waals surface area (Å²) in [7, 11) is 0. The fraction of sp³-hybridized carbons (Fsp3) is 0. The monoisotopic (exact) mass is 468 g/mol. The van der Waals surface area contributed by atoms with Gasteiger partial charge in [-0.2, -0.15) is 5.10 Å². The Morgan fingerprint density at radius 2 is 1.92 bits per heavy atom. The lowest BCUT2D eigenvalue weighted by Gasteiger charge is -2.03. The number of rotatable bonds is 3. The highest BCUT2D eigenvalue weighted by Crippen LogP contribution is 2.36. The maximum absolute atomic E-state index is 12.2. The Labute approximate surface area is 157 Å². The van der Waals surface area contributed by atoms with E-state index in [9.17, 15) is 15.0 Å². The molecule has 0 spiro atoms. The van der Waals surface area contributed by atoms with Gasteiger partial charge in [0.1, 0.15) is 16.4 Å². The smallest absolute Gasteiger partial charge is 0.285 e. The van der Waals surface area contributed by atoms with E-state index in [2.05, 4.69) is 42.4 Å². The van der Waals surface area contributed by atoms with E-state index < -0.39 is 5.91 Å². The number of nitrogens with zero attached hydrogens (tertiary/aromatic N) is 1. The number of aromatic hydroxyl groups is 2. The van der Waals surface area contributed by atoms with E-state index in [1.807, 2.05) is 12.1 Å². The van der Waals surface area contributed by atoms with E-state index in [1.54, 1.807) is 24.3 Å². The minimum atomic E-state index is -0.515. The van der Waals surface area contributed by atoms with Crippen molar-refractivity contribution in [3.8, 4) is 11.5 Å². The molecule has 0 radical (unpaired) electrons.